The van der Waals surface area contributed by atoms with Crippen molar-refractivity contribution in [3.8, 4) is 0 Å². The second-order valence-electron chi connectivity index (χ2n) is 2.97. The molecular weight excluding hydrogens is 214 g/mol. The van der Waals surface area contributed by atoms with E-state index in [1.54, 1.807) is 24.3 Å². The van der Waals surface area contributed by atoms with Crippen LogP contribution in [-0.4, -0.2) is 17.0 Å². The van der Waals surface area contributed by atoms with Gasteiger partial charge in [-0.15, -0.1) is 11.3 Å². The van der Waals surface area contributed by atoms with E-state index in [1.807, 2.05) is 0 Å². The summed E-state index contributed by atoms with van der Waals surface area (Å²) in [4.78, 5) is 22.2. The van der Waals surface area contributed by atoms with Gasteiger partial charge in [-0.2, -0.15) is 0 Å². The number of hydrogen-bond donors (Lipinski definition) is 2. The molecule has 4 nitrogen and oxygen atoms in total. The van der Waals surface area contributed by atoms with Crippen molar-refractivity contribution in [1.29, 1.82) is 0 Å². The molecule has 0 radical (unpaired) electrons. The van der Waals surface area contributed by atoms with Crippen LogP contribution >= 0.6 is 11.3 Å². The molecule has 76 valence electrons. The van der Waals surface area contributed by atoms with Crippen molar-refractivity contribution >= 4 is 33.3 Å². The summed E-state index contributed by atoms with van der Waals surface area (Å²) >= 11 is 1.10. The molecule has 1 heterocycles. The molecule has 0 aliphatic rings. The lowest BCUT2D eigenvalue weighted by Gasteiger charge is -1.94. The average molecular weight is 221 g/mol. The first kappa shape index (κ1) is 9.67. The molecule has 0 atom stereocenters. The molecule has 1 amide bonds. The van der Waals surface area contributed by atoms with Gasteiger partial charge in [-0.3, -0.25) is 4.79 Å². The van der Waals surface area contributed by atoms with Crippen molar-refractivity contribution in [1.82, 2.24) is 0 Å². The second kappa shape index (κ2) is 3.36. The first-order valence-corrected chi connectivity index (χ1v) is 4.97. The maximum absolute atomic E-state index is 11.1. The Hall–Kier alpha value is -1.88. The molecule has 2 rings (SSSR count). The maximum atomic E-state index is 11.1. The van der Waals surface area contributed by atoms with Gasteiger partial charge in [0.2, 0.25) is 0 Å². The highest BCUT2D eigenvalue weighted by atomic mass is 32.1. The predicted molar refractivity (Wildman–Crippen MR) is 57.3 cm³/mol. The quantitative estimate of drug-likeness (QED) is 0.809. The number of fused-ring (bicyclic) bond motifs is 1. The topological polar surface area (TPSA) is 80.4 Å². The summed E-state index contributed by atoms with van der Waals surface area (Å²) in [5.41, 5.74) is 5.13. The van der Waals surface area contributed by atoms with Gasteiger partial charge < -0.3 is 10.8 Å². The first-order chi connectivity index (χ1) is 7.11. The lowest BCUT2D eigenvalue weighted by atomic mass is 10.1. The monoisotopic (exact) mass is 221 g/mol. The Morgan fingerprint density at radius 2 is 1.93 bits per heavy atom. The largest absolute Gasteiger partial charge is 0.478 e. The molecule has 0 unspecified atom stereocenters. The van der Waals surface area contributed by atoms with Gasteiger partial charge in [0.05, 0.1) is 5.56 Å². The van der Waals surface area contributed by atoms with Crippen LogP contribution in [0.15, 0.2) is 24.3 Å². The molecule has 0 saturated heterocycles. The SMILES string of the molecule is NC(=O)c1sc2ccccc2c1C(=O)O. The highest BCUT2D eigenvalue weighted by molar-refractivity contribution is 7.21. The zero-order valence-corrected chi connectivity index (χ0v) is 8.38. The van der Waals surface area contributed by atoms with Gasteiger partial charge in [-0.1, -0.05) is 18.2 Å². The number of carboxylic acid groups (broad SMARTS) is 1. The summed E-state index contributed by atoms with van der Waals surface area (Å²) in [6.45, 7) is 0. The summed E-state index contributed by atoms with van der Waals surface area (Å²) in [6.07, 6.45) is 0. The number of carbonyl (C=O) groups is 2. The lowest BCUT2D eigenvalue weighted by Crippen LogP contribution is -2.13. The second-order valence-corrected chi connectivity index (χ2v) is 4.02. The van der Waals surface area contributed by atoms with E-state index in [0.717, 1.165) is 16.0 Å². The Labute approximate surface area is 88.9 Å². The van der Waals surface area contributed by atoms with Crippen LogP contribution in [0.25, 0.3) is 10.1 Å². The van der Waals surface area contributed by atoms with E-state index in [1.165, 1.54) is 0 Å². The number of amides is 1. The number of primary amides is 1. The van der Waals surface area contributed by atoms with Crippen molar-refractivity contribution in [2.24, 2.45) is 5.73 Å². The molecule has 0 aliphatic heterocycles. The van der Waals surface area contributed by atoms with Gasteiger partial charge in [-0.05, 0) is 6.07 Å². The molecule has 5 heteroatoms. The molecule has 0 spiro atoms. The van der Waals surface area contributed by atoms with E-state index in [4.69, 9.17) is 10.8 Å². The standard InChI is InChI=1S/C10H7NO3S/c11-9(12)8-7(10(13)14)5-3-1-2-4-6(5)15-8/h1-4H,(H2,11,12)(H,13,14). The molecule has 1 aromatic carbocycles. The Morgan fingerprint density at radius 1 is 1.27 bits per heavy atom. The zero-order valence-electron chi connectivity index (χ0n) is 7.56. The summed E-state index contributed by atoms with van der Waals surface area (Å²) in [5.74, 6) is -1.82. The minimum atomic E-state index is -1.12. The number of carboxylic acids is 1. The van der Waals surface area contributed by atoms with Crippen LogP contribution in [0, 0.1) is 0 Å². The number of thiophene rings is 1. The normalized spacial score (nSPS) is 10.4. The highest BCUT2D eigenvalue weighted by Gasteiger charge is 2.20. The average Bonchev–Trinajstić information content (AvgIpc) is 2.56. The Kier molecular flexibility index (Phi) is 2.17. The molecule has 0 aliphatic carbocycles. The van der Waals surface area contributed by atoms with Crippen molar-refractivity contribution < 1.29 is 14.7 Å². The fourth-order valence-electron chi connectivity index (χ4n) is 1.43. The first-order valence-electron chi connectivity index (χ1n) is 4.16. The third-order valence-electron chi connectivity index (χ3n) is 2.03. The third-order valence-corrected chi connectivity index (χ3v) is 3.22. The molecule has 1 aromatic heterocycles. The predicted octanol–water partition coefficient (Wildman–Crippen LogP) is 1.70. The zero-order chi connectivity index (χ0) is 11.0. The summed E-state index contributed by atoms with van der Waals surface area (Å²) in [5, 5.41) is 9.56. The molecule has 0 fully saturated rings. The maximum Gasteiger partial charge on any atom is 0.338 e. The van der Waals surface area contributed by atoms with Gasteiger partial charge in [-0.25, -0.2) is 4.79 Å². The number of benzene rings is 1. The number of rotatable bonds is 2. The lowest BCUT2D eigenvalue weighted by molar-refractivity contribution is 0.0695. The van der Waals surface area contributed by atoms with E-state index < -0.39 is 11.9 Å². The van der Waals surface area contributed by atoms with Gasteiger partial charge >= 0.3 is 5.97 Å². The van der Waals surface area contributed by atoms with E-state index in [2.05, 4.69) is 0 Å². The van der Waals surface area contributed by atoms with Gasteiger partial charge in [0.15, 0.2) is 0 Å². The third kappa shape index (κ3) is 1.46. The van der Waals surface area contributed by atoms with Gasteiger partial charge in [0.1, 0.15) is 4.88 Å². The number of nitrogens with two attached hydrogens (primary N) is 1. The highest BCUT2D eigenvalue weighted by Crippen LogP contribution is 2.30. The van der Waals surface area contributed by atoms with Crippen molar-refractivity contribution in [2.75, 3.05) is 0 Å². The van der Waals surface area contributed by atoms with Crippen LogP contribution in [0.5, 0.6) is 0 Å². The van der Waals surface area contributed by atoms with E-state index >= 15 is 0 Å². The molecular formula is C10H7NO3S. The number of carbonyl (C=O) groups excluding carboxylic acids is 1. The summed E-state index contributed by atoms with van der Waals surface area (Å²) < 4.78 is 0.753. The number of hydrogen-bond acceptors (Lipinski definition) is 3. The summed E-state index contributed by atoms with van der Waals surface area (Å²) in [6, 6.07) is 6.95. The number of aromatic carboxylic acids is 1. The van der Waals surface area contributed by atoms with Crippen molar-refractivity contribution in [2.45, 2.75) is 0 Å². The van der Waals surface area contributed by atoms with Crippen LogP contribution in [-0.2, 0) is 0 Å². The van der Waals surface area contributed by atoms with Crippen LogP contribution in [0.1, 0.15) is 20.0 Å². The Bertz CT molecular complexity index is 559. The van der Waals surface area contributed by atoms with Crippen molar-refractivity contribution in [3.05, 3.63) is 34.7 Å². The van der Waals surface area contributed by atoms with Crippen LogP contribution < -0.4 is 5.73 Å². The molecule has 0 bridgehead atoms. The van der Waals surface area contributed by atoms with E-state index in [-0.39, 0.29) is 10.4 Å². The van der Waals surface area contributed by atoms with Crippen LogP contribution in [0.2, 0.25) is 0 Å². The summed E-state index contributed by atoms with van der Waals surface area (Å²) in [7, 11) is 0. The molecule has 2 aromatic rings. The molecule has 0 saturated carbocycles. The van der Waals surface area contributed by atoms with Gasteiger partial charge in [0.25, 0.3) is 5.91 Å². The van der Waals surface area contributed by atoms with Gasteiger partial charge in [0, 0.05) is 10.1 Å². The fraction of sp³-hybridized carbons (Fsp3) is 0. The molecule has 15 heavy (non-hydrogen) atoms. The van der Waals surface area contributed by atoms with E-state index in [9.17, 15) is 9.59 Å². The fourth-order valence-corrected chi connectivity index (χ4v) is 2.48. The molecule has 3 N–H and O–H groups in total. The van der Waals surface area contributed by atoms with Crippen LogP contribution in [0.4, 0.5) is 0 Å². The minimum Gasteiger partial charge on any atom is -0.478 e. The minimum absolute atomic E-state index is 0.00287. The smallest absolute Gasteiger partial charge is 0.338 e. The van der Waals surface area contributed by atoms with Crippen molar-refractivity contribution in [3.63, 3.8) is 0 Å². The van der Waals surface area contributed by atoms with Crippen LogP contribution in [0.3, 0.4) is 0 Å². The Balaban J connectivity index is 2.86. The van der Waals surface area contributed by atoms with E-state index in [0.29, 0.717) is 5.39 Å². The Morgan fingerprint density at radius 3 is 2.53 bits per heavy atom.